The second kappa shape index (κ2) is 7.88. The molecule has 0 fully saturated rings. The average molecular weight is 327 g/mol. The van der Waals surface area contributed by atoms with Gasteiger partial charge < -0.3 is 9.13 Å². The molecule has 1 aromatic carbocycles. The predicted molar refractivity (Wildman–Crippen MR) is 90.6 cm³/mol. The van der Waals surface area contributed by atoms with Gasteiger partial charge in [0.15, 0.2) is 0 Å². The standard InChI is InChI=1S/C18H22FN5/c1-22-14-21-11-17(22)13-24(9-4-8-23-10-7-20-15-23)12-16-5-2-3-6-18(16)19/h2-3,5-7,10-11,14-15H,4,8-9,12-13H2,1H3. The lowest BCUT2D eigenvalue weighted by molar-refractivity contribution is 0.240. The van der Waals surface area contributed by atoms with Crippen LogP contribution in [0.4, 0.5) is 4.39 Å². The Morgan fingerprint density at radius 2 is 2.00 bits per heavy atom. The number of rotatable bonds is 8. The largest absolute Gasteiger partial charge is 0.337 e. The molecule has 0 N–H and O–H groups in total. The van der Waals surface area contributed by atoms with Gasteiger partial charge in [-0.1, -0.05) is 18.2 Å². The summed E-state index contributed by atoms with van der Waals surface area (Å²) in [6.07, 6.45) is 10.2. The number of aryl methyl sites for hydroxylation is 2. The number of hydrogen-bond acceptors (Lipinski definition) is 3. The van der Waals surface area contributed by atoms with Gasteiger partial charge in [0.05, 0.1) is 18.3 Å². The van der Waals surface area contributed by atoms with E-state index in [1.165, 1.54) is 6.07 Å². The van der Waals surface area contributed by atoms with Crippen LogP contribution in [0, 0.1) is 5.82 Å². The Labute approximate surface area is 141 Å². The summed E-state index contributed by atoms with van der Waals surface area (Å²) in [5, 5.41) is 0. The smallest absolute Gasteiger partial charge is 0.127 e. The summed E-state index contributed by atoms with van der Waals surface area (Å²) in [6.45, 7) is 3.10. The van der Waals surface area contributed by atoms with Gasteiger partial charge in [0, 0.05) is 57.4 Å². The SMILES string of the molecule is Cn1cncc1CN(CCCn1ccnc1)Cc1ccccc1F. The van der Waals surface area contributed by atoms with Crippen LogP contribution in [0.3, 0.4) is 0 Å². The van der Waals surface area contributed by atoms with E-state index in [1.807, 2.05) is 42.5 Å². The van der Waals surface area contributed by atoms with E-state index in [0.29, 0.717) is 6.54 Å². The molecule has 126 valence electrons. The lowest BCUT2D eigenvalue weighted by atomic mass is 10.2. The van der Waals surface area contributed by atoms with Crippen molar-refractivity contribution >= 4 is 0 Å². The lowest BCUT2D eigenvalue weighted by Gasteiger charge is -2.23. The van der Waals surface area contributed by atoms with Crippen molar-refractivity contribution in [1.29, 1.82) is 0 Å². The first-order valence-electron chi connectivity index (χ1n) is 8.09. The van der Waals surface area contributed by atoms with E-state index in [9.17, 15) is 4.39 Å². The highest BCUT2D eigenvalue weighted by Gasteiger charge is 2.11. The predicted octanol–water partition coefficient (Wildman–Crippen LogP) is 2.85. The van der Waals surface area contributed by atoms with Gasteiger partial charge in [-0.15, -0.1) is 0 Å². The monoisotopic (exact) mass is 327 g/mol. The van der Waals surface area contributed by atoms with Crippen LogP contribution in [-0.2, 0) is 26.7 Å². The molecule has 0 saturated heterocycles. The van der Waals surface area contributed by atoms with Gasteiger partial charge in [0.1, 0.15) is 5.82 Å². The Balaban J connectivity index is 1.65. The highest BCUT2D eigenvalue weighted by molar-refractivity contribution is 5.17. The summed E-state index contributed by atoms with van der Waals surface area (Å²) < 4.78 is 18.1. The molecule has 0 spiro atoms. The van der Waals surface area contributed by atoms with Gasteiger partial charge in [0.25, 0.3) is 0 Å². The molecule has 2 aromatic heterocycles. The van der Waals surface area contributed by atoms with Gasteiger partial charge >= 0.3 is 0 Å². The maximum atomic E-state index is 14.0. The van der Waals surface area contributed by atoms with Gasteiger partial charge in [-0.05, 0) is 12.5 Å². The minimum absolute atomic E-state index is 0.151. The second-order valence-electron chi connectivity index (χ2n) is 5.95. The molecule has 0 aliphatic carbocycles. The summed E-state index contributed by atoms with van der Waals surface area (Å²) in [5.41, 5.74) is 1.84. The Bertz CT molecular complexity index is 750. The van der Waals surface area contributed by atoms with Crippen LogP contribution < -0.4 is 0 Å². The van der Waals surface area contributed by atoms with Gasteiger partial charge in [-0.3, -0.25) is 4.90 Å². The van der Waals surface area contributed by atoms with Crippen molar-refractivity contribution in [2.75, 3.05) is 6.54 Å². The molecule has 2 heterocycles. The van der Waals surface area contributed by atoms with Crippen LogP contribution in [0.1, 0.15) is 17.7 Å². The molecule has 0 aliphatic rings. The molecule has 5 nitrogen and oxygen atoms in total. The fourth-order valence-corrected chi connectivity index (χ4v) is 2.74. The first-order valence-corrected chi connectivity index (χ1v) is 8.09. The van der Waals surface area contributed by atoms with Crippen molar-refractivity contribution in [3.63, 3.8) is 0 Å². The van der Waals surface area contributed by atoms with E-state index in [1.54, 1.807) is 18.6 Å². The molecule has 3 rings (SSSR count). The van der Waals surface area contributed by atoms with Crippen LogP contribution in [0.25, 0.3) is 0 Å². The lowest BCUT2D eigenvalue weighted by Crippen LogP contribution is -2.26. The number of imidazole rings is 2. The molecular weight excluding hydrogens is 305 g/mol. The molecule has 0 atom stereocenters. The first-order chi connectivity index (χ1) is 11.7. The molecule has 3 aromatic rings. The fraction of sp³-hybridized carbons (Fsp3) is 0.333. The molecule has 0 unspecified atom stereocenters. The first kappa shape index (κ1) is 16.4. The summed E-state index contributed by atoms with van der Waals surface area (Å²) in [5.74, 6) is -0.151. The third kappa shape index (κ3) is 4.29. The van der Waals surface area contributed by atoms with Crippen molar-refractivity contribution in [3.8, 4) is 0 Å². The van der Waals surface area contributed by atoms with Crippen molar-refractivity contribution < 1.29 is 4.39 Å². The Hall–Kier alpha value is -2.47. The third-order valence-corrected chi connectivity index (χ3v) is 4.10. The van der Waals surface area contributed by atoms with Crippen LogP contribution in [-0.4, -0.2) is 30.5 Å². The number of aromatic nitrogens is 4. The highest BCUT2D eigenvalue weighted by atomic mass is 19.1. The summed E-state index contributed by atoms with van der Waals surface area (Å²) in [4.78, 5) is 10.5. The second-order valence-corrected chi connectivity index (χ2v) is 5.95. The van der Waals surface area contributed by atoms with E-state index in [4.69, 9.17) is 0 Å². The molecule has 0 radical (unpaired) electrons. The van der Waals surface area contributed by atoms with Gasteiger partial charge in [-0.2, -0.15) is 0 Å². The zero-order chi connectivity index (χ0) is 16.8. The minimum atomic E-state index is -0.151. The molecule has 0 saturated carbocycles. The Kier molecular flexibility index (Phi) is 5.38. The summed E-state index contributed by atoms with van der Waals surface area (Å²) in [6, 6.07) is 6.97. The van der Waals surface area contributed by atoms with Gasteiger partial charge in [-0.25, -0.2) is 14.4 Å². The molecule has 6 heteroatoms. The Morgan fingerprint density at radius 3 is 2.71 bits per heavy atom. The molecule has 24 heavy (non-hydrogen) atoms. The molecule has 0 aliphatic heterocycles. The average Bonchev–Trinajstić information content (AvgIpc) is 3.22. The number of benzene rings is 1. The van der Waals surface area contributed by atoms with Crippen LogP contribution >= 0.6 is 0 Å². The Morgan fingerprint density at radius 1 is 1.12 bits per heavy atom. The molecule has 0 bridgehead atoms. The summed E-state index contributed by atoms with van der Waals surface area (Å²) in [7, 11) is 1.98. The quantitative estimate of drug-likeness (QED) is 0.639. The van der Waals surface area contributed by atoms with E-state index in [-0.39, 0.29) is 5.82 Å². The zero-order valence-corrected chi connectivity index (χ0v) is 13.8. The van der Waals surface area contributed by atoms with E-state index in [0.717, 1.165) is 37.3 Å². The number of halogens is 1. The van der Waals surface area contributed by atoms with Crippen LogP contribution in [0.2, 0.25) is 0 Å². The highest BCUT2D eigenvalue weighted by Crippen LogP contribution is 2.13. The van der Waals surface area contributed by atoms with Crippen molar-refractivity contribution in [3.05, 3.63) is 72.6 Å². The summed E-state index contributed by atoms with van der Waals surface area (Å²) >= 11 is 0. The molecule has 0 amide bonds. The van der Waals surface area contributed by atoms with Crippen LogP contribution in [0.15, 0.2) is 55.5 Å². The van der Waals surface area contributed by atoms with E-state index in [2.05, 4.69) is 19.4 Å². The maximum absolute atomic E-state index is 14.0. The van der Waals surface area contributed by atoms with Crippen molar-refractivity contribution in [1.82, 2.24) is 24.0 Å². The van der Waals surface area contributed by atoms with E-state index < -0.39 is 0 Å². The van der Waals surface area contributed by atoms with Gasteiger partial charge in [0.2, 0.25) is 0 Å². The fourth-order valence-electron chi connectivity index (χ4n) is 2.74. The minimum Gasteiger partial charge on any atom is -0.337 e. The van der Waals surface area contributed by atoms with Crippen molar-refractivity contribution in [2.24, 2.45) is 7.05 Å². The number of hydrogen-bond donors (Lipinski definition) is 0. The zero-order valence-electron chi connectivity index (χ0n) is 13.8. The third-order valence-electron chi connectivity index (χ3n) is 4.10. The topological polar surface area (TPSA) is 38.9 Å². The maximum Gasteiger partial charge on any atom is 0.127 e. The van der Waals surface area contributed by atoms with E-state index >= 15 is 0 Å². The van der Waals surface area contributed by atoms with Crippen LogP contribution in [0.5, 0.6) is 0 Å². The van der Waals surface area contributed by atoms with Crippen molar-refractivity contribution in [2.45, 2.75) is 26.1 Å². The normalized spacial score (nSPS) is 11.3. The number of nitrogens with zero attached hydrogens (tertiary/aromatic N) is 5. The molecular formula is C18H22FN5.